The molecule has 7 heteroatoms. The zero-order valence-corrected chi connectivity index (χ0v) is 10.2. The maximum atomic E-state index is 5.95. The molecule has 0 fully saturated rings. The summed E-state index contributed by atoms with van der Waals surface area (Å²) < 4.78 is 6.91. The lowest BCUT2D eigenvalue weighted by atomic mass is 10.2. The topological polar surface area (TPSA) is 65.2 Å². The van der Waals surface area contributed by atoms with Gasteiger partial charge in [0.25, 0.3) is 0 Å². The lowest BCUT2D eigenvalue weighted by Gasteiger charge is -2.05. The van der Waals surface area contributed by atoms with Crippen LogP contribution in [0.1, 0.15) is 5.56 Å². The van der Waals surface area contributed by atoms with Gasteiger partial charge in [-0.25, -0.2) is 0 Å². The fraction of sp³-hybridized carbons (Fsp3) is 0.0909. The van der Waals surface area contributed by atoms with E-state index < -0.39 is 0 Å². The molecule has 0 atom stereocenters. The van der Waals surface area contributed by atoms with Crippen LogP contribution in [0.5, 0.6) is 11.6 Å². The van der Waals surface area contributed by atoms with E-state index in [1.807, 2.05) is 13.0 Å². The van der Waals surface area contributed by atoms with Crippen LogP contribution in [0, 0.1) is 6.92 Å². The first kappa shape index (κ1) is 10.9. The molecule has 6 nitrogen and oxygen atoms in total. The van der Waals surface area contributed by atoms with Crippen LogP contribution in [0.2, 0.25) is 5.02 Å². The van der Waals surface area contributed by atoms with Gasteiger partial charge in [0.1, 0.15) is 5.75 Å². The van der Waals surface area contributed by atoms with Crippen LogP contribution in [0.15, 0.2) is 30.3 Å². The van der Waals surface area contributed by atoms with Crippen LogP contribution in [-0.4, -0.2) is 25.3 Å². The number of hydrogen-bond acceptors (Lipinski definition) is 5. The minimum atomic E-state index is 0.413. The fourth-order valence-corrected chi connectivity index (χ4v) is 1.61. The highest BCUT2D eigenvalue weighted by Crippen LogP contribution is 2.24. The van der Waals surface area contributed by atoms with Crippen molar-refractivity contribution in [2.75, 3.05) is 0 Å². The van der Waals surface area contributed by atoms with Gasteiger partial charge < -0.3 is 4.74 Å². The molecule has 3 aromatic rings. The largest absolute Gasteiger partial charge is 0.438 e. The zero-order chi connectivity index (χ0) is 12.5. The third-order valence-electron chi connectivity index (χ3n) is 2.40. The van der Waals surface area contributed by atoms with Gasteiger partial charge in [-0.2, -0.15) is 0 Å². The van der Waals surface area contributed by atoms with E-state index >= 15 is 0 Å². The highest BCUT2D eigenvalue weighted by molar-refractivity contribution is 6.31. The van der Waals surface area contributed by atoms with Gasteiger partial charge in [-0.15, -0.1) is 14.8 Å². The van der Waals surface area contributed by atoms with E-state index in [0.29, 0.717) is 22.3 Å². The molecular formula is C11H8ClN5O. The average molecular weight is 262 g/mol. The molecule has 0 saturated heterocycles. The average Bonchev–Trinajstić information content (AvgIpc) is 2.81. The minimum absolute atomic E-state index is 0.413. The maximum absolute atomic E-state index is 5.95. The number of aryl methyl sites for hydroxylation is 1. The smallest absolute Gasteiger partial charge is 0.239 e. The van der Waals surface area contributed by atoms with E-state index in [1.54, 1.807) is 24.3 Å². The molecule has 0 radical (unpaired) electrons. The second-order valence-electron chi connectivity index (χ2n) is 3.71. The second kappa shape index (κ2) is 4.23. The van der Waals surface area contributed by atoms with Crippen molar-refractivity contribution in [2.45, 2.75) is 6.92 Å². The molecule has 2 heterocycles. The Bertz CT molecular complexity index is 711. The lowest BCUT2D eigenvalue weighted by Crippen LogP contribution is -1.97. The summed E-state index contributed by atoms with van der Waals surface area (Å²) in [7, 11) is 0. The van der Waals surface area contributed by atoms with Crippen LogP contribution >= 0.6 is 11.6 Å². The SMILES string of the molecule is Cc1cc(Oc2ccc3nnnn3n2)ccc1Cl. The van der Waals surface area contributed by atoms with Gasteiger partial charge in [-0.05, 0) is 47.2 Å². The Morgan fingerprint density at radius 2 is 2.11 bits per heavy atom. The normalized spacial score (nSPS) is 10.8. The predicted molar refractivity (Wildman–Crippen MR) is 64.8 cm³/mol. The van der Waals surface area contributed by atoms with Gasteiger partial charge in [-0.1, -0.05) is 11.6 Å². The van der Waals surface area contributed by atoms with Crippen molar-refractivity contribution in [3.63, 3.8) is 0 Å². The fourth-order valence-electron chi connectivity index (χ4n) is 1.49. The number of aromatic nitrogens is 5. The number of tetrazole rings is 1. The Kier molecular flexibility index (Phi) is 2.56. The monoisotopic (exact) mass is 261 g/mol. The summed E-state index contributed by atoms with van der Waals surface area (Å²) in [5.41, 5.74) is 1.51. The molecule has 18 heavy (non-hydrogen) atoms. The molecule has 0 unspecified atom stereocenters. The number of rotatable bonds is 2. The number of nitrogens with zero attached hydrogens (tertiary/aromatic N) is 5. The van der Waals surface area contributed by atoms with Crippen molar-refractivity contribution in [2.24, 2.45) is 0 Å². The van der Waals surface area contributed by atoms with Crippen LogP contribution in [-0.2, 0) is 0 Å². The molecule has 0 bridgehead atoms. The summed E-state index contributed by atoms with van der Waals surface area (Å²) in [5, 5.41) is 15.8. The summed E-state index contributed by atoms with van der Waals surface area (Å²) in [6.45, 7) is 1.91. The molecule has 0 aliphatic carbocycles. The first-order valence-electron chi connectivity index (χ1n) is 5.22. The zero-order valence-electron chi connectivity index (χ0n) is 9.41. The molecule has 0 saturated carbocycles. The predicted octanol–water partition coefficient (Wildman–Crippen LogP) is 2.27. The molecule has 3 rings (SSSR count). The molecule has 2 aromatic heterocycles. The van der Waals surface area contributed by atoms with Gasteiger partial charge in [0.2, 0.25) is 5.88 Å². The van der Waals surface area contributed by atoms with E-state index in [4.69, 9.17) is 16.3 Å². The summed E-state index contributed by atoms with van der Waals surface area (Å²) in [5.74, 6) is 1.08. The summed E-state index contributed by atoms with van der Waals surface area (Å²) >= 11 is 5.95. The van der Waals surface area contributed by atoms with E-state index in [2.05, 4.69) is 20.6 Å². The van der Waals surface area contributed by atoms with Crippen LogP contribution < -0.4 is 4.74 Å². The molecular weight excluding hydrogens is 254 g/mol. The number of fused-ring (bicyclic) bond motifs is 1. The standard InChI is InChI=1S/C11H8ClN5O/c1-7-6-8(2-3-9(7)12)18-11-5-4-10-13-15-16-17(10)14-11/h2-6H,1H3. The summed E-state index contributed by atoms with van der Waals surface area (Å²) in [6, 6.07) is 8.83. The Hall–Kier alpha value is -2.21. The lowest BCUT2D eigenvalue weighted by molar-refractivity contribution is 0.447. The van der Waals surface area contributed by atoms with Crippen LogP contribution in [0.25, 0.3) is 5.65 Å². The third-order valence-corrected chi connectivity index (χ3v) is 2.82. The van der Waals surface area contributed by atoms with Crippen molar-refractivity contribution >= 4 is 17.2 Å². The van der Waals surface area contributed by atoms with E-state index in [0.717, 1.165) is 5.56 Å². The third kappa shape index (κ3) is 1.98. The van der Waals surface area contributed by atoms with Gasteiger partial charge in [0.15, 0.2) is 5.65 Å². The first-order valence-corrected chi connectivity index (χ1v) is 5.59. The van der Waals surface area contributed by atoms with Gasteiger partial charge in [-0.3, -0.25) is 0 Å². The minimum Gasteiger partial charge on any atom is -0.438 e. The maximum Gasteiger partial charge on any atom is 0.239 e. The van der Waals surface area contributed by atoms with Gasteiger partial charge in [0.05, 0.1) is 0 Å². The second-order valence-corrected chi connectivity index (χ2v) is 4.12. The van der Waals surface area contributed by atoms with Crippen molar-refractivity contribution < 1.29 is 4.74 Å². The molecule has 0 aliphatic rings. The van der Waals surface area contributed by atoms with E-state index in [-0.39, 0.29) is 0 Å². The molecule has 1 aromatic carbocycles. The van der Waals surface area contributed by atoms with Crippen LogP contribution in [0.4, 0.5) is 0 Å². The van der Waals surface area contributed by atoms with Crippen molar-refractivity contribution in [3.8, 4) is 11.6 Å². The molecule has 0 N–H and O–H groups in total. The molecule has 90 valence electrons. The van der Waals surface area contributed by atoms with E-state index in [1.165, 1.54) is 4.63 Å². The summed E-state index contributed by atoms with van der Waals surface area (Å²) in [4.78, 5) is 0. The van der Waals surface area contributed by atoms with Gasteiger partial charge in [0, 0.05) is 11.1 Å². The summed E-state index contributed by atoms with van der Waals surface area (Å²) in [6.07, 6.45) is 0. The van der Waals surface area contributed by atoms with Gasteiger partial charge >= 0.3 is 0 Å². The number of halogens is 1. The Balaban J connectivity index is 1.92. The number of benzene rings is 1. The molecule has 0 spiro atoms. The van der Waals surface area contributed by atoms with Crippen LogP contribution in [0.3, 0.4) is 0 Å². The van der Waals surface area contributed by atoms with Crippen molar-refractivity contribution in [1.82, 2.24) is 25.3 Å². The Labute approximate surface area is 107 Å². The highest BCUT2D eigenvalue weighted by Gasteiger charge is 2.04. The quantitative estimate of drug-likeness (QED) is 0.708. The van der Waals surface area contributed by atoms with E-state index in [9.17, 15) is 0 Å². The first-order chi connectivity index (χ1) is 8.72. The number of ether oxygens (including phenoxy) is 1. The number of hydrogen-bond donors (Lipinski definition) is 0. The highest BCUT2D eigenvalue weighted by atomic mass is 35.5. The van der Waals surface area contributed by atoms with Crippen molar-refractivity contribution in [1.29, 1.82) is 0 Å². The Morgan fingerprint density at radius 1 is 1.22 bits per heavy atom. The van der Waals surface area contributed by atoms with Crippen molar-refractivity contribution in [3.05, 3.63) is 40.9 Å². The molecule has 0 aliphatic heterocycles. The molecule has 0 amide bonds. The Morgan fingerprint density at radius 3 is 2.94 bits per heavy atom.